The van der Waals surface area contributed by atoms with Gasteiger partial charge in [-0.25, -0.2) is 4.79 Å². The van der Waals surface area contributed by atoms with Crippen LogP contribution < -0.4 is 5.32 Å². The summed E-state index contributed by atoms with van der Waals surface area (Å²) in [7, 11) is 0. The van der Waals surface area contributed by atoms with Crippen LogP contribution in [0.25, 0.3) is 0 Å². The molecule has 3 N–H and O–H groups in total. The highest BCUT2D eigenvalue weighted by molar-refractivity contribution is 5.96. The highest BCUT2D eigenvalue weighted by Crippen LogP contribution is 1.97. The molecule has 86 valence electrons. The maximum Gasteiger partial charge on any atom is 0.326 e. The second-order valence-corrected chi connectivity index (χ2v) is 3.01. The number of carbonyl (C=O) groups excluding carboxylic acids is 1. The number of aliphatic hydroxyl groups excluding tert-OH is 1. The largest absolute Gasteiger partial charge is 0.480 e. The Hall–Kier alpha value is -2.02. The van der Waals surface area contributed by atoms with E-state index in [0.717, 1.165) is 0 Å². The number of hydrogen-bond donors (Lipinski definition) is 3. The number of aromatic nitrogens is 2. The first-order valence-electron chi connectivity index (χ1n) is 4.56. The lowest BCUT2D eigenvalue weighted by atomic mass is 10.2. The molecule has 0 aromatic carbocycles. The highest BCUT2D eigenvalue weighted by Gasteiger charge is 2.19. The lowest BCUT2D eigenvalue weighted by molar-refractivity contribution is -0.139. The number of aliphatic hydroxyl groups is 1. The monoisotopic (exact) mass is 225 g/mol. The second-order valence-electron chi connectivity index (χ2n) is 3.01. The number of aliphatic carboxylic acids is 1. The molecule has 0 fully saturated rings. The van der Waals surface area contributed by atoms with E-state index in [1.807, 2.05) is 0 Å². The van der Waals surface area contributed by atoms with Crippen LogP contribution >= 0.6 is 0 Å². The normalized spacial score (nSPS) is 11.8. The van der Waals surface area contributed by atoms with Crippen molar-refractivity contribution in [3.8, 4) is 0 Å². The molecule has 1 aromatic rings. The Morgan fingerprint density at radius 3 is 2.69 bits per heavy atom. The zero-order valence-corrected chi connectivity index (χ0v) is 8.33. The number of amides is 1. The van der Waals surface area contributed by atoms with Crippen LogP contribution in [0.1, 0.15) is 16.8 Å². The van der Waals surface area contributed by atoms with Gasteiger partial charge in [0.15, 0.2) is 0 Å². The van der Waals surface area contributed by atoms with E-state index in [1.165, 1.54) is 18.5 Å². The fraction of sp³-hybridized carbons (Fsp3) is 0.333. The van der Waals surface area contributed by atoms with Crippen LogP contribution in [-0.4, -0.2) is 44.9 Å². The van der Waals surface area contributed by atoms with E-state index >= 15 is 0 Å². The van der Waals surface area contributed by atoms with E-state index in [9.17, 15) is 9.59 Å². The maximum atomic E-state index is 11.5. The highest BCUT2D eigenvalue weighted by atomic mass is 16.4. The quantitative estimate of drug-likeness (QED) is 0.595. The van der Waals surface area contributed by atoms with Gasteiger partial charge >= 0.3 is 5.97 Å². The lowest BCUT2D eigenvalue weighted by Crippen LogP contribution is -2.41. The van der Waals surface area contributed by atoms with Gasteiger partial charge in [-0.3, -0.25) is 4.79 Å². The summed E-state index contributed by atoms with van der Waals surface area (Å²) in [6.45, 7) is -0.314. The summed E-state index contributed by atoms with van der Waals surface area (Å²) in [6.07, 6.45) is 2.52. The summed E-state index contributed by atoms with van der Waals surface area (Å²) >= 11 is 0. The number of hydrogen-bond acceptors (Lipinski definition) is 5. The molecule has 0 aliphatic heterocycles. The van der Waals surface area contributed by atoms with Gasteiger partial charge < -0.3 is 15.5 Å². The number of rotatable bonds is 5. The van der Waals surface area contributed by atoms with E-state index in [-0.39, 0.29) is 18.6 Å². The van der Waals surface area contributed by atoms with Gasteiger partial charge in [0.05, 0.1) is 18.0 Å². The third kappa shape index (κ3) is 3.28. The van der Waals surface area contributed by atoms with Gasteiger partial charge in [-0.05, 0) is 6.07 Å². The van der Waals surface area contributed by atoms with Crippen LogP contribution in [0.2, 0.25) is 0 Å². The second kappa shape index (κ2) is 5.76. The van der Waals surface area contributed by atoms with E-state index < -0.39 is 17.9 Å². The van der Waals surface area contributed by atoms with Crippen LogP contribution in [0.3, 0.4) is 0 Å². The molecule has 16 heavy (non-hydrogen) atoms. The number of nitrogens with one attached hydrogen (secondary N) is 1. The minimum absolute atomic E-state index is 0.0421. The Bertz CT molecular complexity index is 368. The predicted molar refractivity (Wildman–Crippen MR) is 52.6 cm³/mol. The maximum absolute atomic E-state index is 11.5. The predicted octanol–water partition coefficient (Wildman–Crippen LogP) is -0.958. The van der Waals surface area contributed by atoms with Gasteiger partial charge in [0, 0.05) is 13.0 Å². The molecule has 0 spiro atoms. The number of carboxylic acid groups (broad SMARTS) is 1. The van der Waals surface area contributed by atoms with Crippen molar-refractivity contribution in [1.29, 1.82) is 0 Å². The average molecular weight is 225 g/mol. The van der Waals surface area contributed by atoms with Crippen molar-refractivity contribution in [2.24, 2.45) is 0 Å². The van der Waals surface area contributed by atoms with Crippen LogP contribution in [0.5, 0.6) is 0 Å². The Labute approximate surface area is 91.1 Å². The summed E-state index contributed by atoms with van der Waals surface area (Å²) in [4.78, 5) is 22.2. The summed E-state index contributed by atoms with van der Waals surface area (Å²) in [5, 5.41) is 26.6. The minimum atomic E-state index is -1.19. The SMILES string of the molecule is O=C(NC(CCO)C(=O)O)c1ccnnc1. The molecule has 0 bridgehead atoms. The van der Waals surface area contributed by atoms with Crippen LogP contribution in [0.4, 0.5) is 0 Å². The molecule has 0 saturated carbocycles. The molecule has 1 heterocycles. The zero-order chi connectivity index (χ0) is 12.0. The van der Waals surface area contributed by atoms with Gasteiger partial charge in [0.2, 0.25) is 0 Å². The summed E-state index contributed by atoms with van der Waals surface area (Å²) in [6, 6.07) is 0.311. The standard InChI is InChI=1S/C9H11N3O4/c13-4-2-7(9(15)16)12-8(14)6-1-3-10-11-5-6/h1,3,5,7,13H,2,4H2,(H,12,14)(H,15,16). The van der Waals surface area contributed by atoms with E-state index in [4.69, 9.17) is 10.2 Å². The van der Waals surface area contributed by atoms with Crippen molar-refractivity contribution in [3.05, 3.63) is 24.0 Å². The van der Waals surface area contributed by atoms with Crippen molar-refractivity contribution in [2.45, 2.75) is 12.5 Å². The van der Waals surface area contributed by atoms with Gasteiger partial charge in [-0.2, -0.15) is 10.2 Å². The van der Waals surface area contributed by atoms with Gasteiger partial charge in [-0.1, -0.05) is 0 Å². The Morgan fingerprint density at radius 2 is 2.19 bits per heavy atom. The van der Waals surface area contributed by atoms with Crippen molar-refractivity contribution in [2.75, 3.05) is 6.61 Å². The third-order valence-corrected chi connectivity index (χ3v) is 1.87. The molecule has 1 atom stereocenters. The van der Waals surface area contributed by atoms with Crippen LogP contribution in [0, 0.1) is 0 Å². The molecule has 0 saturated heterocycles. The van der Waals surface area contributed by atoms with E-state index in [2.05, 4.69) is 15.5 Å². The van der Waals surface area contributed by atoms with Gasteiger partial charge in [0.25, 0.3) is 5.91 Å². The van der Waals surface area contributed by atoms with Crippen molar-refractivity contribution >= 4 is 11.9 Å². The summed E-state index contributed by atoms with van der Waals surface area (Å²) in [5.41, 5.74) is 0.221. The topological polar surface area (TPSA) is 112 Å². The van der Waals surface area contributed by atoms with Crippen LogP contribution in [-0.2, 0) is 4.79 Å². The Kier molecular flexibility index (Phi) is 4.34. The fourth-order valence-electron chi connectivity index (χ4n) is 1.05. The van der Waals surface area contributed by atoms with Crippen molar-refractivity contribution in [1.82, 2.24) is 15.5 Å². The molecule has 1 aromatic heterocycles. The molecule has 1 amide bonds. The van der Waals surface area contributed by atoms with Crippen molar-refractivity contribution in [3.63, 3.8) is 0 Å². The van der Waals surface area contributed by atoms with Crippen molar-refractivity contribution < 1.29 is 19.8 Å². The average Bonchev–Trinajstić information content (AvgIpc) is 2.29. The number of carboxylic acids is 1. The van der Waals surface area contributed by atoms with E-state index in [0.29, 0.717) is 0 Å². The molecular weight excluding hydrogens is 214 g/mol. The molecule has 7 nitrogen and oxygen atoms in total. The number of nitrogens with zero attached hydrogens (tertiary/aromatic N) is 2. The molecular formula is C9H11N3O4. The first kappa shape index (κ1) is 12.1. The van der Waals surface area contributed by atoms with E-state index in [1.54, 1.807) is 0 Å². The molecule has 0 aliphatic carbocycles. The first-order chi connectivity index (χ1) is 7.65. The molecule has 0 radical (unpaired) electrons. The fourth-order valence-corrected chi connectivity index (χ4v) is 1.05. The molecule has 1 unspecified atom stereocenters. The number of carbonyl (C=O) groups is 2. The molecule has 7 heteroatoms. The smallest absolute Gasteiger partial charge is 0.326 e. The van der Waals surface area contributed by atoms with Gasteiger partial charge in [-0.15, -0.1) is 0 Å². The lowest BCUT2D eigenvalue weighted by Gasteiger charge is -2.12. The Morgan fingerprint density at radius 1 is 1.44 bits per heavy atom. The zero-order valence-electron chi connectivity index (χ0n) is 8.33. The minimum Gasteiger partial charge on any atom is -0.480 e. The molecule has 0 aliphatic rings. The third-order valence-electron chi connectivity index (χ3n) is 1.87. The summed E-state index contributed by atoms with van der Waals surface area (Å²) in [5.74, 6) is -1.75. The summed E-state index contributed by atoms with van der Waals surface area (Å²) < 4.78 is 0. The Balaban J connectivity index is 2.65. The molecule has 1 rings (SSSR count). The first-order valence-corrected chi connectivity index (χ1v) is 4.56. The van der Waals surface area contributed by atoms with Crippen LogP contribution in [0.15, 0.2) is 18.5 Å². The van der Waals surface area contributed by atoms with Gasteiger partial charge in [0.1, 0.15) is 6.04 Å².